The predicted molar refractivity (Wildman–Crippen MR) is 152 cm³/mol. The van der Waals surface area contributed by atoms with Crippen molar-refractivity contribution < 1.29 is 54.2 Å². The molecule has 2 saturated carbocycles. The van der Waals surface area contributed by atoms with E-state index in [0.29, 0.717) is 5.56 Å². The molecule has 3 aliphatic heterocycles. The highest BCUT2D eigenvalue weighted by Gasteiger charge is 3.08. The third-order valence-electron chi connectivity index (χ3n) is 10.8. The lowest BCUT2D eigenvalue weighted by atomic mass is 9.93. The van der Waals surface area contributed by atoms with E-state index in [1.54, 1.807) is 44.2 Å². The Bertz CT molecular complexity index is 1470. The monoisotopic (exact) mass is 635 g/mol. The molecule has 0 bridgehead atoms. The lowest BCUT2D eigenvalue weighted by molar-refractivity contribution is -0.290. The molecule has 14 nitrogen and oxygen atoms in total. The summed E-state index contributed by atoms with van der Waals surface area (Å²) in [7, 11) is 0. The third-order valence-corrected chi connectivity index (χ3v) is 12.4. The van der Waals surface area contributed by atoms with Crippen molar-refractivity contribution in [1.82, 2.24) is 15.5 Å². The van der Waals surface area contributed by atoms with E-state index in [2.05, 4.69) is 10.6 Å². The molecule has 5 fully saturated rings. The smallest absolute Gasteiger partial charge is 0.408 e. The van der Waals surface area contributed by atoms with Gasteiger partial charge in [0.15, 0.2) is 5.60 Å². The molecule has 0 spiro atoms. The maximum Gasteiger partial charge on any atom is 0.408 e. The lowest BCUT2D eigenvalue weighted by Crippen LogP contribution is -2.71. The summed E-state index contributed by atoms with van der Waals surface area (Å²) in [5, 5.41) is 59.5. The van der Waals surface area contributed by atoms with Crippen molar-refractivity contribution in [1.29, 1.82) is 0 Å². The maximum absolute atomic E-state index is 13.5. The molecule has 1 aromatic rings. The number of rotatable bonds is 7. The van der Waals surface area contributed by atoms with Gasteiger partial charge in [-0.25, -0.2) is 9.59 Å². The van der Waals surface area contributed by atoms with Gasteiger partial charge in [-0.2, -0.15) is 0 Å². The number of β-lactam (4-membered cyclic amide) rings is 1. The van der Waals surface area contributed by atoms with Crippen molar-refractivity contribution in [2.24, 2.45) is 10.8 Å². The molecule has 240 valence electrons. The number of thioether (sulfide) groups is 1. The van der Waals surface area contributed by atoms with Gasteiger partial charge >= 0.3 is 12.1 Å². The standard InChI is InChI=1S/C29H37N3O11S/c1-23(2)17(21(35)36)32-19(34)16(20(32)44-23)30-18(33)15(13-10-8-7-9-11-13)31-22(37)42-12-14-26(38)24(3,4)27(26,39)28(40)25(5,6)29(28,41)43-14/h7-11,14-17,20,38-41H,12H2,1-6H3,(H,30,33)(H,31,37)(H,35,36)/t14-,15?,16?,17?,20?,26-,27+,28-,29?/m1/s1. The second-order valence-electron chi connectivity index (χ2n) is 13.9. The van der Waals surface area contributed by atoms with Crippen LogP contribution in [0.2, 0.25) is 0 Å². The van der Waals surface area contributed by atoms with Crippen LogP contribution < -0.4 is 10.6 Å². The van der Waals surface area contributed by atoms with E-state index in [4.69, 9.17) is 9.47 Å². The van der Waals surface area contributed by atoms with E-state index in [1.165, 1.54) is 44.4 Å². The van der Waals surface area contributed by atoms with E-state index in [0.717, 1.165) is 0 Å². The number of carbonyl (C=O) groups is 4. The highest BCUT2D eigenvalue weighted by Crippen LogP contribution is 2.86. The summed E-state index contributed by atoms with van der Waals surface area (Å²) in [5.74, 6) is -4.66. The average molecular weight is 636 g/mol. The molecule has 0 aromatic heterocycles. The van der Waals surface area contributed by atoms with Crippen LogP contribution in [0, 0.1) is 10.8 Å². The first-order chi connectivity index (χ1) is 20.2. The van der Waals surface area contributed by atoms with Crippen LogP contribution in [0.4, 0.5) is 4.79 Å². The molecule has 7 N–H and O–H groups in total. The van der Waals surface area contributed by atoms with Crippen molar-refractivity contribution in [3.05, 3.63) is 35.9 Å². The number of hydrogen-bond acceptors (Lipinski definition) is 11. The minimum atomic E-state index is -2.22. The Hall–Kier alpha value is -2.95. The lowest BCUT2D eigenvalue weighted by Gasteiger charge is -2.44. The number of benzene rings is 1. The van der Waals surface area contributed by atoms with Gasteiger partial charge in [-0.3, -0.25) is 9.59 Å². The summed E-state index contributed by atoms with van der Waals surface area (Å²) in [6, 6.07) is 4.76. The summed E-state index contributed by atoms with van der Waals surface area (Å²) in [5.41, 5.74) is -8.77. The second kappa shape index (κ2) is 8.85. The Morgan fingerprint density at radius 3 is 2.20 bits per heavy atom. The van der Waals surface area contributed by atoms with Crippen molar-refractivity contribution in [2.75, 3.05) is 6.61 Å². The first-order valence-electron chi connectivity index (χ1n) is 14.3. The Kier molecular flexibility index (Phi) is 6.25. The van der Waals surface area contributed by atoms with Crippen LogP contribution in [0.15, 0.2) is 30.3 Å². The van der Waals surface area contributed by atoms with Gasteiger partial charge in [-0.05, 0) is 19.4 Å². The molecule has 15 heteroatoms. The third kappa shape index (κ3) is 3.29. The Labute approximate surface area is 257 Å². The van der Waals surface area contributed by atoms with Crippen molar-refractivity contribution in [3.63, 3.8) is 0 Å². The SMILES string of the molecule is CC1(C)SC2C(NC(=O)C(NC(=O)OC[C@H]3OC4(O)C(C)(C)[C@@]4(O)[C@]4(O)C(C)(C)[C@]34O)c3ccccc3)C(=O)N2C1C(=O)O. The molecule has 2 aliphatic carbocycles. The predicted octanol–water partition coefficient (Wildman–Crippen LogP) is -0.554. The minimum absolute atomic E-state index is 0.359. The normalized spacial score (nSPS) is 42.0. The number of ether oxygens (including phenoxy) is 2. The number of aliphatic carboxylic acids is 1. The van der Waals surface area contributed by atoms with Gasteiger partial charge in [-0.15, -0.1) is 11.8 Å². The number of nitrogens with zero attached hydrogens (tertiary/aromatic N) is 1. The zero-order chi connectivity index (χ0) is 32.6. The van der Waals surface area contributed by atoms with Gasteiger partial charge in [0.2, 0.25) is 17.6 Å². The second-order valence-corrected chi connectivity index (χ2v) is 15.6. The van der Waals surface area contributed by atoms with E-state index >= 15 is 0 Å². The first-order valence-corrected chi connectivity index (χ1v) is 15.1. The van der Waals surface area contributed by atoms with Gasteiger partial charge in [0.25, 0.3) is 0 Å². The van der Waals surface area contributed by atoms with E-state index in [1.807, 2.05) is 0 Å². The summed E-state index contributed by atoms with van der Waals surface area (Å²) in [6.07, 6.45) is -2.54. The van der Waals surface area contributed by atoms with Crippen LogP contribution in [0.5, 0.6) is 0 Å². The number of fused-ring (bicyclic) bond motifs is 4. The molecule has 5 unspecified atom stereocenters. The van der Waals surface area contributed by atoms with Crippen LogP contribution in [0.1, 0.15) is 53.1 Å². The van der Waals surface area contributed by atoms with Crippen molar-refractivity contribution >= 4 is 35.6 Å². The van der Waals surface area contributed by atoms with Crippen LogP contribution in [0.3, 0.4) is 0 Å². The van der Waals surface area contributed by atoms with Crippen LogP contribution in [-0.4, -0.2) is 112 Å². The van der Waals surface area contributed by atoms with E-state index in [9.17, 15) is 44.7 Å². The summed E-state index contributed by atoms with van der Waals surface area (Å²) >= 11 is 1.26. The van der Waals surface area contributed by atoms with Crippen molar-refractivity contribution in [2.45, 2.75) is 98.5 Å². The van der Waals surface area contributed by atoms with Crippen molar-refractivity contribution in [3.8, 4) is 0 Å². The minimum Gasteiger partial charge on any atom is -0.480 e. The highest BCUT2D eigenvalue weighted by molar-refractivity contribution is 8.01. The number of nitrogens with one attached hydrogen (secondary N) is 2. The van der Waals surface area contributed by atoms with Gasteiger partial charge in [-0.1, -0.05) is 58.0 Å². The Balaban J connectivity index is 1.16. The van der Waals surface area contributed by atoms with Gasteiger partial charge in [0.05, 0.1) is 5.41 Å². The number of carbonyl (C=O) groups excluding carboxylic acids is 3. The number of aliphatic hydroxyl groups is 4. The average Bonchev–Trinajstić information content (AvgIpc) is 3.40. The summed E-state index contributed by atoms with van der Waals surface area (Å²) in [4.78, 5) is 52.6. The number of carboxylic acid groups (broad SMARTS) is 1. The molecule has 3 amide bonds. The van der Waals surface area contributed by atoms with Gasteiger partial charge in [0.1, 0.15) is 47.4 Å². The topological polar surface area (TPSA) is 215 Å². The first kappa shape index (κ1) is 31.0. The molecule has 3 heterocycles. The number of alkyl carbamates (subject to hydrolysis) is 1. The van der Waals surface area contributed by atoms with Crippen LogP contribution in [-0.2, 0) is 23.9 Å². The summed E-state index contributed by atoms with van der Waals surface area (Å²) in [6.45, 7) is 8.75. The molecule has 6 rings (SSSR count). The van der Waals surface area contributed by atoms with Crippen LogP contribution in [0.25, 0.3) is 0 Å². The molecular weight excluding hydrogens is 598 g/mol. The fourth-order valence-corrected chi connectivity index (χ4v) is 9.66. The van der Waals surface area contributed by atoms with E-state index in [-0.39, 0.29) is 0 Å². The molecule has 3 saturated heterocycles. The number of carboxylic acids is 1. The highest BCUT2D eigenvalue weighted by atomic mass is 32.2. The zero-order valence-electron chi connectivity index (χ0n) is 25.0. The quantitative estimate of drug-likeness (QED) is 0.188. The molecule has 5 aliphatic rings. The van der Waals surface area contributed by atoms with Crippen LogP contribution >= 0.6 is 11.8 Å². The Morgan fingerprint density at radius 2 is 1.61 bits per heavy atom. The molecule has 9 atom stereocenters. The van der Waals surface area contributed by atoms with E-state index < -0.39 is 98.3 Å². The fourth-order valence-electron chi connectivity index (χ4n) is 8.03. The summed E-state index contributed by atoms with van der Waals surface area (Å²) < 4.78 is 10.2. The Morgan fingerprint density at radius 1 is 1.00 bits per heavy atom. The number of hydrogen-bond donors (Lipinski definition) is 7. The molecule has 1 aromatic carbocycles. The number of amides is 3. The fraction of sp³-hybridized carbons (Fsp3) is 0.655. The zero-order valence-corrected chi connectivity index (χ0v) is 25.8. The molecule has 44 heavy (non-hydrogen) atoms. The molecule has 0 radical (unpaired) electrons. The largest absolute Gasteiger partial charge is 0.480 e. The van der Waals surface area contributed by atoms with Gasteiger partial charge in [0, 0.05) is 10.2 Å². The molecular formula is C29H37N3O11S. The van der Waals surface area contributed by atoms with Gasteiger partial charge < -0.3 is 50.5 Å². The maximum atomic E-state index is 13.5.